The van der Waals surface area contributed by atoms with Crippen LogP contribution in [0.1, 0.15) is 4.28 Å². The molecule has 0 aromatic carbocycles. The molecule has 0 amide bonds. The van der Waals surface area contributed by atoms with E-state index in [1.165, 1.54) is 0 Å². The molecule has 50 valence electrons. The van der Waals surface area contributed by atoms with E-state index in [4.69, 9.17) is 9.11 Å². The van der Waals surface area contributed by atoms with Crippen molar-refractivity contribution in [1.29, 1.82) is 0 Å². The molecule has 0 radical (unpaired) electrons. The van der Waals surface area contributed by atoms with Crippen LogP contribution in [0.2, 0.25) is 0 Å². The van der Waals surface area contributed by atoms with Crippen LogP contribution >= 0.6 is 0 Å². The van der Waals surface area contributed by atoms with E-state index in [1.54, 1.807) is 0 Å². The number of hydrogen-bond donors (Lipinski definition) is 2. The Labute approximate surface area is 193 Å². The van der Waals surface area contributed by atoms with Gasteiger partial charge in [-0.15, -0.1) is 0 Å². The maximum atomic E-state index is 9.34. The quantitative estimate of drug-likeness (QED) is 0.213. The Kier molecular flexibility index (Phi) is 29.1. The van der Waals surface area contributed by atoms with Gasteiger partial charge in [0.1, 0.15) is 0 Å². The summed E-state index contributed by atoms with van der Waals surface area (Å²) in [5, 5.41) is 0. The monoisotopic (exact) mass is 266 g/mol. The van der Waals surface area contributed by atoms with Crippen molar-refractivity contribution in [2.75, 3.05) is 0 Å². The summed E-state index contributed by atoms with van der Waals surface area (Å²) in [4.78, 5) is 0. The molecule has 5 nitrogen and oxygen atoms in total. The number of hydrogen-bond acceptors (Lipinski definition) is 3. The molecule has 0 saturated heterocycles. The topological polar surface area (TPSA) is 91.7 Å². The molecule has 0 rings (SSSR count). The van der Waals surface area contributed by atoms with Gasteiger partial charge in [-0.2, -0.15) is 8.42 Å². The predicted molar refractivity (Wildman–Crippen MR) is 25.7 cm³/mol. The SMILES string of the molecule is O=S(O)S(=O)(=O)O.[H-].[H-].[H-].[K+].[K+].[K+]. The smallest absolute Gasteiger partial charge is 1.00 e. The van der Waals surface area contributed by atoms with Crippen LogP contribution in [0.25, 0.3) is 0 Å². The van der Waals surface area contributed by atoms with Gasteiger partial charge in [-0.25, -0.2) is 4.21 Å². The zero-order chi connectivity index (χ0) is 6.08. The summed E-state index contributed by atoms with van der Waals surface area (Å²) in [7, 11) is -7.87. The minimum absolute atomic E-state index is 0. The predicted octanol–water partition coefficient (Wildman–Crippen LogP) is -9.64. The van der Waals surface area contributed by atoms with E-state index in [9.17, 15) is 12.6 Å². The van der Waals surface area contributed by atoms with Crippen molar-refractivity contribution < 1.29 is 180 Å². The first-order chi connectivity index (χ1) is 2.94. The van der Waals surface area contributed by atoms with Crippen LogP contribution in [0.4, 0.5) is 0 Å². The van der Waals surface area contributed by atoms with Crippen LogP contribution in [0.3, 0.4) is 0 Å². The zero-order valence-electron chi connectivity index (χ0n) is 8.94. The molecule has 0 aromatic rings. The van der Waals surface area contributed by atoms with Crippen molar-refractivity contribution >= 4 is 19.3 Å². The van der Waals surface area contributed by atoms with Crippen LogP contribution in [-0.2, 0) is 19.3 Å². The molecule has 0 heterocycles. The van der Waals surface area contributed by atoms with Crippen molar-refractivity contribution in [2.24, 2.45) is 0 Å². The maximum Gasteiger partial charge on any atom is 1.00 e. The third kappa shape index (κ3) is 15.4. The average Bonchev–Trinajstić information content (AvgIpc) is 1.31. The number of rotatable bonds is 1. The molecule has 2 N–H and O–H groups in total. The second kappa shape index (κ2) is 12.0. The Bertz CT molecular complexity index is 179. The largest absolute Gasteiger partial charge is 1.00 e. The molecule has 0 aliphatic heterocycles. The van der Waals surface area contributed by atoms with Gasteiger partial charge in [0.2, 0.25) is 0 Å². The van der Waals surface area contributed by atoms with Crippen molar-refractivity contribution in [1.82, 2.24) is 0 Å². The van der Waals surface area contributed by atoms with E-state index in [2.05, 4.69) is 0 Å². The standard InChI is InChI=1S/3K.H2O5S2.3H/c;;;1-6(2)7(3,4)5;;;/h;;;(H,1,2)(H,3,4,5);;;/q3*+1;;3*-1. The second-order valence-corrected chi connectivity index (χ2v) is 4.05. The third-order valence-electron chi connectivity index (χ3n) is 0.180. The summed E-state index contributed by atoms with van der Waals surface area (Å²) < 4.78 is 43.0. The molecule has 1 unspecified atom stereocenters. The molecule has 0 aromatic heterocycles. The van der Waals surface area contributed by atoms with E-state index < -0.39 is 19.3 Å². The second-order valence-electron chi connectivity index (χ2n) is 0.645. The van der Waals surface area contributed by atoms with E-state index in [-0.39, 0.29) is 158 Å². The van der Waals surface area contributed by atoms with Crippen molar-refractivity contribution in [3.8, 4) is 0 Å². The Morgan fingerprint density at radius 3 is 1.30 bits per heavy atom. The van der Waals surface area contributed by atoms with Gasteiger partial charge in [0.25, 0.3) is 0 Å². The molecule has 1 atom stereocenters. The molecule has 10 heavy (non-hydrogen) atoms. The molecule has 0 aliphatic carbocycles. The van der Waals surface area contributed by atoms with Crippen LogP contribution in [-0.4, -0.2) is 21.7 Å². The average molecular weight is 266 g/mol. The summed E-state index contributed by atoms with van der Waals surface area (Å²) in [6.07, 6.45) is 0. The minimum Gasteiger partial charge on any atom is -1.00 e. The molecule has 0 bridgehead atoms. The fourth-order valence-corrected chi connectivity index (χ4v) is 0. The Balaban J connectivity index is -0.0000000120. The zero-order valence-corrected chi connectivity index (χ0v) is 16.9. The van der Waals surface area contributed by atoms with Crippen molar-refractivity contribution in [3.05, 3.63) is 0 Å². The van der Waals surface area contributed by atoms with Gasteiger partial charge in [-0.3, -0.25) is 9.11 Å². The molecule has 0 aliphatic rings. The Morgan fingerprint density at radius 1 is 1.20 bits per heavy atom. The van der Waals surface area contributed by atoms with Crippen molar-refractivity contribution in [3.63, 3.8) is 0 Å². The Morgan fingerprint density at radius 2 is 1.30 bits per heavy atom. The fraction of sp³-hybridized carbons (Fsp3) is 0. The van der Waals surface area contributed by atoms with Gasteiger partial charge in [-0.1, -0.05) is 0 Å². The summed E-state index contributed by atoms with van der Waals surface area (Å²) in [5.41, 5.74) is 0. The van der Waals surface area contributed by atoms with Crippen molar-refractivity contribution in [2.45, 2.75) is 0 Å². The van der Waals surface area contributed by atoms with E-state index in [0.29, 0.717) is 0 Å². The van der Waals surface area contributed by atoms with Crippen LogP contribution in [0, 0.1) is 0 Å². The molecule has 0 saturated carbocycles. The first kappa shape index (κ1) is 24.2. The van der Waals surface area contributed by atoms with Gasteiger partial charge in [0, 0.05) is 0 Å². The van der Waals surface area contributed by atoms with Crippen LogP contribution in [0.5, 0.6) is 0 Å². The molecular weight excluding hydrogens is 261 g/mol. The van der Waals surface area contributed by atoms with Crippen LogP contribution < -0.4 is 154 Å². The van der Waals surface area contributed by atoms with E-state index in [0.717, 1.165) is 0 Å². The van der Waals surface area contributed by atoms with Gasteiger partial charge in [0.15, 0.2) is 0 Å². The van der Waals surface area contributed by atoms with Gasteiger partial charge < -0.3 is 4.28 Å². The molecule has 0 spiro atoms. The van der Waals surface area contributed by atoms with E-state index in [1.807, 2.05) is 0 Å². The minimum atomic E-state index is -4.71. The molecular formula is H5K3O5S2. The fourth-order valence-electron chi connectivity index (χ4n) is 0. The van der Waals surface area contributed by atoms with E-state index >= 15 is 0 Å². The van der Waals surface area contributed by atoms with Gasteiger partial charge in [-0.05, 0) is 0 Å². The first-order valence-electron chi connectivity index (χ1n) is 1.03. The Hall–Kier alpha value is 4.93. The molecule has 0 fully saturated rings. The van der Waals surface area contributed by atoms with Gasteiger partial charge >= 0.3 is 173 Å². The van der Waals surface area contributed by atoms with Crippen LogP contribution in [0.15, 0.2) is 0 Å². The maximum absolute atomic E-state index is 9.34. The summed E-state index contributed by atoms with van der Waals surface area (Å²) in [6, 6.07) is 0. The third-order valence-corrected chi connectivity index (χ3v) is 1.62. The normalized spacial score (nSPS) is 11.4. The summed E-state index contributed by atoms with van der Waals surface area (Å²) in [6.45, 7) is 0. The summed E-state index contributed by atoms with van der Waals surface area (Å²) in [5.74, 6) is 0. The first-order valence-corrected chi connectivity index (χ1v) is 4.10. The van der Waals surface area contributed by atoms with Gasteiger partial charge in [0.05, 0.1) is 0 Å². The summed E-state index contributed by atoms with van der Waals surface area (Å²) >= 11 is 0. The molecule has 10 heteroatoms.